The van der Waals surface area contributed by atoms with Crippen LogP contribution < -0.4 is 16.2 Å². The Morgan fingerprint density at radius 3 is 2.36 bits per heavy atom. The Hall–Kier alpha value is -3.98. The number of aryl methyl sites for hydroxylation is 2. The summed E-state index contributed by atoms with van der Waals surface area (Å²) in [6.45, 7) is 14.0. The molecule has 0 saturated heterocycles. The molecule has 0 atom stereocenters. The van der Waals surface area contributed by atoms with Crippen LogP contribution in [-0.4, -0.2) is 52.9 Å². The molecule has 0 aliphatic heterocycles. The highest BCUT2D eigenvalue weighted by Gasteiger charge is 2.06. The molecule has 2 amide bonds. The van der Waals surface area contributed by atoms with Crippen LogP contribution in [0.1, 0.15) is 49.6 Å². The van der Waals surface area contributed by atoms with E-state index in [0.29, 0.717) is 31.8 Å². The lowest BCUT2D eigenvalue weighted by molar-refractivity contribution is -0.121. The number of rotatable bonds is 11. The second kappa shape index (κ2) is 16.8. The van der Waals surface area contributed by atoms with E-state index in [2.05, 4.69) is 53.5 Å². The molecule has 210 valence electrons. The largest absolute Gasteiger partial charge is 0.450 e. The van der Waals surface area contributed by atoms with Crippen molar-refractivity contribution in [3.05, 3.63) is 93.4 Å². The summed E-state index contributed by atoms with van der Waals surface area (Å²) in [6.07, 6.45) is 0.0773. The maximum absolute atomic E-state index is 11.7. The molecule has 1 heterocycles. The van der Waals surface area contributed by atoms with Crippen molar-refractivity contribution in [3.63, 3.8) is 0 Å². The van der Waals surface area contributed by atoms with Gasteiger partial charge < -0.3 is 15.0 Å². The van der Waals surface area contributed by atoms with Gasteiger partial charge in [-0.2, -0.15) is 5.10 Å². The third-order valence-corrected chi connectivity index (χ3v) is 5.90. The van der Waals surface area contributed by atoms with Crippen LogP contribution in [0, 0.1) is 13.8 Å². The summed E-state index contributed by atoms with van der Waals surface area (Å²) in [6, 6.07) is 18.6. The molecule has 0 radical (unpaired) electrons. The Balaban J connectivity index is 0.000000277. The lowest BCUT2D eigenvalue weighted by Gasteiger charge is -2.17. The fraction of sp³-hybridized carbons (Fsp3) is 0.400. The van der Waals surface area contributed by atoms with Crippen molar-refractivity contribution in [2.24, 2.45) is 0 Å². The molecule has 0 aliphatic carbocycles. The maximum Gasteiger partial charge on any atom is 0.411 e. The van der Waals surface area contributed by atoms with Gasteiger partial charge in [-0.3, -0.25) is 14.9 Å². The summed E-state index contributed by atoms with van der Waals surface area (Å²) < 4.78 is 6.21. The van der Waals surface area contributed by atoms with Crippen LogP contribution in [0.3, 0.4) is 0 Å². The van der Waals surface area contributed by atoms with E-state index in [1.165, 1.54) is 16.3 Å². The third kappa shape index (κ3) is 12.0. The number of aromatic nitrogens is 2. The molecule has 0 aliphatic rings. The lowest BCUT2D eigenvalue weighted by Crippen LogP contribution is -2.30. The number of benzene rings is 2. The number of anilines is 1. The Kier molecular flexibility index (Phi) is 13.4. The summed E-state index contributed by atoms with van der Waals surface area (Å²) in [5.74, 6) is 0.128. The first-order chi connectivity index (χ1) is 18.7. The predicted molar refractivity (Wildman–Crippen MR) is 155 cm³/mol. The number of hydrogen-bond acceptors (Lipinski definition) is 6. The number of nitrogens with zero attached hydrogens (tertiary/aromatic N) is 3. The van der Waals surface area contributed by atoms with Gasteiger partial charge in [0.05, 0.1) is 18.8 Å². The number of nitrogens with one attached hydrogen (secondary N) is 2. The van der Waals surface area contributed by atoms with E-state index in [1.807, 2.05) is 25.1 Å². The molecule has 9 heteroatoms. The van der Waals surface area contributed by atoms with Crippen LogP contribution in [0.15, 0.2) is 65.5 Å². The lowest BCUT2D eigenvalue weighted by atomic mass is 10.1. The summed E-state index contributed by atoms with van der Waals surface area (Å²) in [5.41, 5.74) is 4.48. The minimum absolute atomic E-state index is 0.128. The quantitative estimate of drug-likeness (QED) is 0.374. The molecule has 9 nitrogen and oxygen atoms in total. The first-order valence-corrected chi connectivity index (χ1v) is 13.4. The van der Waals surface area contributed by atoms with Crippen molar-refractivity contribution in [2.75, 3.05) is 31.6 Å². The van der Waals surface area contributed by atoms with Crippen LogP contribution >= 0.6 is 0 Å². The zero-order valence-electron chi connectivity index (χ0n) is 23.7. The van der Waals surface area contributed by atoms with Crippen molar-refractivity contribution in [3.8, 4) is 0 Å². The van der Waals surface area contributed by atoms with Crippen molar-refractivity contribution < 1.29 is 14.3 Å². The zero-order chi connectivity index (χ0) is 28.6. The van der Waals surface area contributed by atoms with E-state index in [0.717, 1.165) is 36.5 Å². The Bertz CT molecular complexity index is 1250. The molecule has 3 rings (SSSR count). The average Bonchev–Trinajstić information content (AvgIpc) is 2.91. The van der Waals surface area contributed by atoms with E-state index in [9.17, 15) is 14.4 Å². The van der Waals surface area contributed by atoms with Crippen LogP contribution in [0.2, 0.25) is 0 Å². The van der Waals surface area contributed by atoms with Crippen molar-refractivity contribution in [2.45, 2.75) is 54.1 Å². The Morgan fingerprint density at radius 2 is 1.67 bits per heavy atom. The second-order valence-corrected chi connectivity index (χ2v) is 9.06. The van der Waals surface area contributed by atoms with Crippen LogP contribution in [0.4, 0.5) is 10.5 Å². The van der Waals surface area contributed by atoms with Gasteiger partial charge in [0.25, 0.3) is 5.56 Å². The molecule has 3 aromatic rings. The van der Waals surface area contributed by atoms with Gasteiger partial charge in [-0.1, -0.05) is 55.8 Å². The zero-order valence-corrected chi connectivity index (χ0v) is 23.7. The van der Waals surface area contributed by atoms with Crippen molar-refractivity contribution in [1.82, 2.24) is 20.0 Å². The molecule has 0 fully saturated rings. The molecule has 0 bridgehead atoms. The fourth-order valence-corrected chi connectivity index (χ4v) is 3.78. The van der Waals surface area contributed by atoms with Gasteiger partial charge in [-0.25, -0.2) is 9.48 Å². The van der Waals surface area contributed by atoms with Gasteiger partial charge in [0, 0.05) is 31.3 Å². The molecular formula is C30H41N5O4. The molecular weight excluding hydrogens is 494 g/mol. The van der Waals surface area contributed by atoms with Gasteiger partial charge in [-0.05, 0) is 63.2 Å². The van der Waals surface area contributed by atoms with Crippen molar-refractivity contribution >= 4 is 17.7 Å². The van der Waals surface area contributed by atoms with Crippen LogP contribution in [0.25, 0.3) is 0 Å². The summed E-state index contributed by atoms with van der Waals surface area (Å²) in [5, 5.41) is 9.77. The molecule has 1 aromatic heterocycles. The SMILES string of the molecule is CCN(CC)CCC(=O)NCc1cccc(C)c1.CCOC(=O)Nc1cccc(Cn2nc(C)ccc2=O)c1. The number of carbonyl (C=O) groups excluding carboxylic acids is 2. The van der Waals surface area contributed by atoms with Gasteiger partial charge in [-0.15, -0.1) is 0 Å². The molecule has 39 heavy (non-hydrogen) atoms. The molecule has 0 saturated carbocycles. The first-order valence-electron chi connectivity index (χ1n) is 13.4. The number of amides is 2. The van der Waals surface area contributed by atoms with Gasteiger partial charge in [0.15, 0.2) is 0 Å². The molecule has 2 N–H and O–H groups in total. The Labute approximate surface area is 231 Å². The highest BCUT2D eigenvalue weighted by Crippen LogP contribution is 2.11. The smallest absolute Gasteiger partial charge is 0.411 e. The summed E-state index contributed by atoms with van der Waals surface area (Å²) in [7, 11) is 0. The van der Waals surface area contributed by atoms with E-state index in [4.69, 9.17) is 4.74 Å². The first kappa shape index (κ1) is 31.2. The monoisotopic (exact) mass is 535 g/mol. The third-order valence-electron chi connectivity index (χ3n) is 5.90. The fourth-order valence-electron chi connectivity index (χ4n) is 3.78. The second-order valence-electron chi connectivity index (χ2n) is 9.06. The standard InChI is InChI=1S/C15H17N3O3.C15H24N2O/c1-3-21-15(20)16-13-6-4-5-12(9-13)10-18-14(19)8-7-11(2)17-18;1-4-17(5-2)10-9-15(18)16-12-14-8-6-7-13(3)11-14/h4-9H,3,10H2,1-2H3,(H,16,20);6-8,11H,4-5,9-10,12H2,1-3H3,(H,16,18). The summed E-state index contributed by atoms with van der Waals surface area (Å²) in [4.78, 5) is 37.1. The van der Waals surface area contributed by atoms with E-state index in [1.54, 1.807) is 31.2 Å². The number of ether oxygens (including phenoxy) is 1. The Morgan fingerprint density at radius 1 is 0.949 bits per heavy atom. The maximum atomic E-state index is 11.7. The van der Waals surface area contributed by atoms with Gasteiger partial charge in [0.2, 0.25) is 5.91 Å². The van der Waals surface area contributed by atoms with Gasteiger partial charge >= 0.3 is 6.09 Å². The van der Waals surface area contributed by atoms with Crippen LogP contribution in [-0.2, 0) is 22.6 Å². The minimum atomic E-state index is -0.500. The topological polar surface area (TPSA) is 106 Å². The number of hydrogen-bond donors (Lipinski definition) is 2. The van der Waals surface area contributed by atoms with Gasteiger partial charge in [0.1, 0.15) is 0 Å². The normalized spacial score (nSPS) is 10.4. The molecule has 2 aromatic carbocycles. The molecule has 0 unspecified atom stereocenters. The van der Waals surface area contributed by atoms with Crippen LogP contribution in [0.5, 0.6) is 0 Å². The highest BCUT2D eigenvalue weighted by molar-refractivity contribution is 5.84. The predicted octanol–water partition coefficient (Wildman–Crippen LogP) is 4.51. The van der Waals surface area contributed by atoms with Crippen molar-refractivity contribution in [1.29, 1.82) is 0 Å². The minimum Gasteiger partial charge on any atom is -0.450 e. The highest BCUT2D eigenvalue weighted by atomic mass is 16.5. The van der Waals surface area contributed by atoms with E-state index in [-0.39, 0.29) is 11.5 Å². The average molecular weight is 536 g/mol. The molecule has 0 spiro atoms. The van der Waals surface area contributed by atoms with E-state index < -0.39 is 6.09 Å². The summed E-state index contributed by atoms with van der Waals surface area (Å²) >= 11 is 0. The van der Waals surface area contributed by atoms with E-state index >= 15 is 0 Å². The number of carbonyl (C=O) groups is 2.